The van der Waals surface area contributed by atoms with Crippen LogP contribution in [0, 0.1) is 11.2 Å². The molecule has 0 radical (unpaired) electrons. The molecule has 2 aromatic heterocycles. The Labute approximate surface area is 248 Å². The Hall–Kier alpha value is -3.86. The number of aromatic nitrogens is 2. The summed E-state index contributed by atoms with van der Waals surface area (Å²) in [7, 11) is 0. The fourth-order valence-electron chi connectivity index (χ4n) is 4.99. The number of halogens is 1. The summed E-state index contributed by atoms with van der Waals surface area (Å²) < 4.78 is 33.4. The lowest BCUT2D eigenvalue weighted by Crippen LogP contribution is -2.34. The van der Waals surface area contributed by atoms with Crippen molar-refractivity contribution in [1.82, 2.24) is 9.97 Å². The highest BCUT2D eigenvalue weighted by atomic mass is 32.1. The summed E-state index contributed by atoms with van der Waals surface area (Å²) >= 11 is 1.35. The normalized spacial score (nSPS) is 16.9. The van der Waals surface area contributed by atoms with Crippen LogP contribution in [0.25, 0.3) is 10.6 Å². The molecule has 2 aliphatic heterocycles. The molecule has 0 unspecified atom stereocenters. The zero-order chi connectivity index (χ0) is 29.1. The molecule has 0 bridgehead atoms. The predicted molar refractivity (Wildman–Crippen MR) is 160 cm³/mol. The molecule has 0 saturated carbocycles. The van der Waals surface area contributed by atoms with Crippen molar-refractivity contribution in [3.05, 3.63) is 89.5 Å². The number of amides is 1. The van der Waals surface area contributed by atoms with Gasteiger partial charge in [0.25, 0.3) is 5.91 Å². The highest BCUT2D eigenvalue weighted by molar-refractivity contribution is 7.19. The van der Waals surface area contributed by atoms with Gasteiger partial charge in [-0.15, -0.1) is 0 Å². The molecule has 2 saturated heterocycles. The summed E-state index contributed by atoms with van der Waals surface area (Å²) in [4.78, 5) is 24.6. The molecule has 1 amide bonds. The lowest BCUT2D eigenvalue weighted by molar-refractivity contribution is -0.226. The average Bonchev–Trinajstić information content (AvgIpc) is 3.70. The van der Waals surface area contributed by atoms with Crippen LogP contribution in [0.1, 0.15) is 54.5 Å². The van der Waals surface area contributed by atoms with E-state index in [9.17, 15) is 4.79 Å². The first-order valence-electron chi connectivity index (χ1n) is 14.1. The minimum atomic E-state index is -0.863. The van der Waals surface area contributed by atoms with E-state index in [2.05, 4.69) is 20.2 Å². The van der Waals surface area contributed by atoms with Gasteiger partial charge in [-0.3, -0.25) is 4.79 Å². The largest absolute Gasteiger partial charge is 0.485 e. The van der Waals surface area contributed by atoms with E-state index < -0.39 is 18.0 Å². The van der Waals surface area contributed by atoms with Crippen LogP contribution in [0.3, 0.4) is 0 Å². The number of thiazole rings is 1. The molecule has 2 aromatic carbocycles. The molecule has 4 heterocycles. The second kappa shape index (κ2) is 12.2. The van der Waals surface area contributed by atoms with Crippen molar-refractivity contribution in [2.45, 2.75) is 39.6 Å². The third kappa shape index (κ3) is 6.46. The van der Waals surface area contributed by atoms with Crippen LogP contribution >= 0.6 is 11.3 Å². The topological polar surface area (TPSA) is 85.8 Å². The maximum Gasteiger partial charge on any atom is 0.256 e. The third-order valence-corrected chi connectivity index (χ3v) is 8.19. The predicted octanol–water partition coefficient (Wildman–Crippen LogP) is 6.85. The summed E-state index contributed by atoms with van der Waals surface area (Å²) in [6.45, 7) is 7.06. The number of hydrogen-bond acceptors (Lipinski definition) is 8. The molecule has 0 aliphatic carbocycles. The highest BCUT2D eigenvalue weighted by Gasteiger charge is 2.32. The fraction of sp³-hybridized carbons (Fsp3) is 0.344. The van der Waals surface area contributed by atoms with E-state index in [1.54, 1.807) is 18.5 Å². The summed E-state index contributed by atoms with van der Waals surface area (Å²) in [6.07, 6.45) is 4.86. The van der Waals surface area contributed by atoms with Gasteiger partial charge in [-0.2, -0.15) is 0 Å². The number of nitrogens with zero attached hydrogens (tertiary/aromatic N) is 3. The van der Waals surface area contributed by atoms with Gasteiger partial charge in [0.1, 0.15) is 22.4 Å². The van der Waals surface area contributed by atoms with E-state index in [-0.39, 0.29) is 23.3 Å². The molecule has 1 N–H and O–H groups in total. The van der Waals surface area contributed by atoms with Gasteiger partial charge in [-0.25, -0.2) is 14.4 Å². The van der Waals surface area contributed by atoms with Gasteiger partial charge in [0, 0.05) is 35.8 Å². The van der Waals surface area contributed by atoms with Crippen molar-refractivity contribution >= 4 is 28.1 Å². The highest BCUT2D eigenvalue weighted by Crippen LogP contribution is 2.38. The van der Waals surface area contributed by atoms with E-state index in [1.807, 2.05) is 56.3 Å². The second-order valence-electron chi connectivity index (χ2n) is 11.3. The van der Waals surface area contributed by atoms with Crippen LogP contribution in [0.15, 0.2) is 67.0 Å². The molecular weight excluding hydrogens is 555 g/mol. The summed E-state index contributed by atoms with van der Waals surface area (Å²) in [5.74, 6) is -0.198. The minimum Gasteiger partial charge on any atom is -0.485 e. The molecule has 2 aliphatic rings. The molecule has 0 atom stereocenters. The number of nitrogens with one attached hydrogen (secondary N) is 1. The zero-order valence-electron chi connectivity index (χ0n) is 23.6. The number of ether oxygens (including phenoxy) is 3. The Balaban J connectivity index is 1.22. The van der Waals surface area contributed by atoms with Crippen molar-refractivity contribution in [2.75, 3.05) is 36.5 Å². The lowest BCUT2D eigenvalue weighted by Gasteiger charge is -2.35. The Morgan fingerprint density at radius 3 is 2.62 bits per heavy atom. The van der Waals surface area contributed by atoms with Crippen LogP contribution in [-0.2, 0) is 16.1 Å². The molecule has 8 nitrogen and oxygen atoms in total. The monoisotopic (exact) mass is 588 g/mol. The fourth-order valence-corrected chi connectivity index (χ4v) is 5.80. The maximum absolute atomic E-state index is 15.6. The van der Waals surface area contributed by atoms with Crippen LogP contribution < -0.4 is 15.0 Å². The molecule has 0 spiro atoms. The number of carbonyl (C=O) groups excluding carboxylic acids is 1. The molecular formula is C32H33FN4O4S. The number of carbonyl (C=O) groups is 1. The Kier molecular flexibility index (Phi) is 8.19. The molecule has 42 heavy (non-hydrogen) atoms. The Morgan fingerprint density at radius 2 is 1.86 bits per heavy atom. The first-order valence-corrected chi connectivity index (χ1v) is 14.9. The average molecular weight is 589 g/mol. The summed E-state index contributed by atoms with van der Waals surface area (Å²) in [5, 5.41) is 4.18. The van der Waals surface area contributed by atoms with Crippen molar-refractivity contribution in [3.63, 3.8) is 0 Å². The summed E-state index contributed by atoms with van der Waals surface area (Å²) in [6, 6.07) is 16.2. The first kappa shape index (κ1) is 28.3. The quantitative estimate of drug-likeness (QED) is 0.241. The van der Waals surface area contributed by atoms with Crippen LogP contribution in [0.5, 0.6) is 5.75 Å². The Morgan fingerprint density at radius 1 is 1.10 bits per heavy atom. The van der Waals surface area contributed by atoms with E-state index in [1.165, 1.54) is 30.2 Å². The minimum absolute atomic E-state index is 0.00618. The molecule has 218 valence electrons. The number of hydrogen-bond donors (Lipinski definition) is 1. The standard InChI is InChI=1S/C32H33FN4O4S/c1-32(2)19-40-31(41-20-32)24-14-23(15-25(33)28(24)39-18-21-8-4-3-5-9-21)29(38)36-27-17-35-30(42-27)22-10-11-34-26(16-22)37-12-6-7-13-37/h3-5,8-11,14-17,31H,6-7,12-13,18-20H2,1-2H3,(H,36,38). The van der Waals surface area contributed by atoms with E-state index in [0.717, 1.165) is 35.0 Å². The van der Waals surface area contributed by atoms with Gasteiger partial charge in [0.05, 0.1) is 25.0 Å². The second-order valence-corrected chi connectivity index (χ2v) is 12.4. The van der Waals surface area contributed by atoms with Gasteiger partial charge < -0.3 is 24.4 Å². The van der Waals surface area contributed by atoms with Gasteiger partial charge in [0.15, 0.2) is 17.9 Å². The third-order valence-electron chi connectivity index (χ3n) is 7.23. The van der Waals surface area contributed by atoms with Gasteiger partial charge in [0.2, 0.25) is 0 Å². The van der Waals surface area contributed by atoms with E-state index >= 15 is 4.39 Å². The molecule has 6 rings (SSSR count). The summed E-state index contributed by atoms with van der Waals surface area (Å²) in [5.41, 5.74) is 2.10. The van der Waals surface area contributed by atoms with Gasteiger partial charge in [-0.05, 0) is 42.7 Å². The lowest BCUT2D eigenvalue weighted by atomic mass is 9.95. The number of rotatable bonds is 8. The molecule has 4 aromatic rings. The van der Waals surface area contributed by atoms with Crippen molar-refractivity contribution in [1.29, 1.82) is 0 Å². The molecule has 2 fully saturated rings. The van der Waals surface area contributed by atoms with Gasteiger partial charge in [-0.1, -0.05) is 55.5 Å². The van der Waals surface area contributed by atoms with E-state index in [4.69, 9.17) is 14.2 Å². The smallest absolute Gasteiger partial charge is 0.256 e. The van der Waals surface area contributed by atoms with Crippen molar-refractivity contribution in [3.8, 4) is 16.3 Å². The zero-order valence-corrected chi connectivity index (χ0v) is 24.5. The maximum atomic E-state index is 15.6. The first-order chi connectivity index (χ1) is 20.3. The van der Waals surface area contributed by atoms with Crippen LogP contribution in [-0.4, -0.2) is 42.2 Å². The van der Waals surface area contributed by atoms with Crippen molar-refractivity contribution < 1.29 is 23.4 Å². The van der Waals surface area contributed by atoms with Gasteiger partial charge >= 0.3 is 0 Å². The number of anilines is 2. The SMILES string of the molecule is CC1(C)COC(c2cc(C(=O)Nc3cnc(-c4ccnc(N5CCCC5)c4)s3)cc(F)c2OCc2ccccc2)OC1. The number of benzene rings is 2. The molecule has 10 heteroatoms. The van der Waals surface area contributed by atoms with Crippen LogP contribution in [0.4, 0.5) is 15.2 Å². The number of pyridine rings is 1. The van der Waals surface area contributed by atoms with Crippen molar-refractivity contribution in [2.24, 2.45) is 5.41 Å². The van der Waals surface area contributed by atoms with Crippen LogP contribution in [0.2, 0.25) is 0 Å². The Bertz CT molecular complexity index is 1550. The van der Waals surface area contributed by atoms with E-state index in [0.29, 0.717) is 23.8 Å².